The summed E-state index contributed by atoms with van der Waals surface area (Å²) in [6.45, 7) is 0. The zero-order valence-electron chi connectivity index (χ0n) is 29.5. The Morgan fingerprint density at radius 1 is 0.712 bits per heavy atom. The second kappa shape index (κ2) is 12.9. The second-order valence-electron chi connectivity index (χ2n) is 15.4. The Kier molecular flexibility index (Phi) is 7.88. The van der Waals surface area contributed by atoms with Gasteiger partial charge < -0.3 is 4.90 Å². The molecule has 4 unspecified atom stereocenters. The molecule has 52 heavy (non-hydrogen) atoms. The molecule has 0 radical (unpaired) electrons. The number of thioether (sulfide) groups is 1. The minimum absolute atomic E-state index is 0.310. The average molecular weight is 730 g/mol. The van der Waals surface area contributed by atoms with E-state index in [4.69, 9.17) is 0 Å². The Morgan fingerprint density at radius 2 is 1.63 bits per heavy atom. The van der Waals surface area contributed by atoms with Crippen molar-refractivity contribution in [1.82, 2.24) is 4.90 Å². The monoisotopic (exact) mass is 729 g/mol. The van der Waals surface area contributed by atoms with E-state index in [1.165, 1.54) is 77.2 Å². The van der Waals surface area contributed by atoms with Crippen LogP contribution in [0.3, 0.4) is 0 Å². The van der Waals surface area contributed by atoms with Crippen molar-refractivity contribution in [3.8, 4) is 0 Å². The highest BCUT2D eigenvalue weighted by molar-refractivity contribution is 8.00. The molecule has 258 valence electrons. The molecule has 1 nitrogen and oxygen atoms in total. The summed E-state index contributed by atoms with van der Waals surface area (Å²) in [6, 6.07) is 9.34. The van der Waals surface area contributed by atoms with Crippen LogP contribution in [0.2, 0.25) is 0 Å². The maximum absolute atomic E-state index is 2.79. The number of benzene rings is 1. The average Bonchev–Trinajstić information content (AvgIpc) is 3.90. The first-order valence-corrected chi connectivity index (χ1v) is 22.0. The van der Waals surface area contributed by atoms with Crippen molar-refractivity contribution in [1.29, 1.82) is 0 Å². The number of rotatable bonds is 5. The lowest BCUT2D eigenvalue weighted by Gasteiger charge is -2.38. The molecule has 0 bridgehead atoms. The van der Waals surface area contributed by atoms with Crippen molar-refractivity contribution in [3.63, 3.8) is 0 Å². The van der Waals surface area contributed by atoms with Crippen LogP contribution >= 0.6 is 34.4 Å². The van der Waals surface area contributed by atoms with Crippen LogP contribution in [0.15, 0.2) is 119 Å². The van der Waals surface area contributed by atoms with Crippen LogP contribution in [0.5, 0.6) is 0 Å². The van der Waals surface area contributed by atoms with E-state index in [2.05, 4.69) is 143 Å². The normalized spacial score (nSPS) is 26.2. The summed E-state index contributed by atoms with van der Waals surface area (Å²) in [4.78, 5) is 8.93. The quantitative estimate of drug-likeness (QED) is 0.257. The summed E-state index contributed by atoms with van der Waals surface area (Å²) in [5, 5.41) is 2.07. The number of fused-ring (bicyclic) bond motifs is 9. The fraction of sp³-hybridized carbons (Fsp3) is 0.292. The van der Waals surface area contributed by atoms with Crippen molar-refractivity contribution in [3.05, 3.63) is 161 Å². The van der Waals surface area contributed by atoms with Crippen LogP contribution in [-0.4, -0.2) is 16.2 Å². The molecule has 3 heterocycles. The van der Waals surface area contributed by atoms with Gasteiger partial charge in [0.05, 0.1) is 10.6 Å². The molecular weight excluding hydrogens is 687 g/mol. The van der Waals surface area contributed by atoms with Gasteiger partial charge in [-0.1, -0.05) is 103 Å². The number of hydrogen-bond donors (Lipinski definition) is 0. The van der Waals surface area contributed by atoms with Crippen LogP contribution in [0, 0.1) is 5.92 Å². The number of hydrogen-bond acceptors (Lipinski definition) is 4. The molecule has 1 aliphatic heterocycles. The van der Waals surface area contributed by atoms with Gasteiger partial charge >= 0.3 is 0 Å². The van der Waals surface area contributed by atoms with E-state index in [9.17, 15) is 0 Å². The first kappa shape index (κ1) is 31.7. The van der Waals surface area contributed by atoms with Gasteiger partial charge in [0.25, 0.3) is 0 Å². The number of nitrogens with zero attached hydrogens (tertiary/aromatic N) is 1. The molecule has 4 atom stereocenters. The molecule has 11 rings (SSSR count). The SMILES string of the molecule is C1=CC(C2=CCCc3c2sc2c3=CCCC=2N(C2=CCC(C3=CC4c5ccccc5SC4C=C3)C=C2)C2C=Cc3c(sc4c3C=CCC4)C2)=CCC1. The molecule has 0 saturated heterocycles. The molecule has 0 spiro atoms. The summed E-state index contributed by atoms with van der Waals surface area (Å²) < 4.78 is 1.52. The van der Waals surface area contributed by atoms with E-state index in [1.54, 1.807) is 15.3 Å². The summed E-state index contributed by atoms with van der Waals surface area (Å²) in [5.41, 5.74) is 13.4. The Bertz CT molecular complexity index is 2430. The third-order valence-corrected chi connectivity index (χ3v) is 16.3. The van der Waals surface area contributed by atoms with E-state index in [0.717, 1.165) is 51.4 Å². The number of aryl methyl sites for hydroxylation is 1. The maximum atomic E-state index is 2.79. The molecule has 2 aromatic heterocycles. The van der Waals surface area contributed by atoms with Gasteiger partial charge in [0.2, 0.25) is 0 Å². The third kappa shape index (κ3) is 5.23. The Labute approximate surface area is 319 Å². The predicted molar refractivity (Wildman–Crippen MR) is 225 cm³/mol. The molecule has 8 aliphatic rings. The molecule has 0 amide bonds. The van der Waals surface area contributed by atoms with Crippen molar-refractivity contribution in [2.24, 2.45) is 5.92 Å². The Morgan fingerprint density at radius 3 is 2.56 bits per heavy atom. The fourth-order valence-corrected chi connectivity index (χ4v) is 14.0. The minimum Gasteiger partial charge on any atom is -0.337 e. The third-order valence-electron chi connectivity index (χ3n) is 12.3. The van der Waals surface area contributed by atoms with E-state index in [1.807, 2.05) is 11.8 Å². The Hall–Kier alpha value is -3.83. The zero-order valence-corrected chi connectivity index (χ0v) is 32.0. The van der Waals surface area contributed by atoms with Gasteiger partial charge in [-0.05, 0) is 114 Å². The molecule has 1 aromatic carbocycles. The number of allylic oxidation sites excluding steroid dienone is 13. The van der Waals surface area contributed by atoms with Crippen LogP contribution < -0.4 is 9.75 Å². The maximum Gasteiger partial charge on any atom is 0.0571 e. The summed E-state index contributed by atoms with van der Waals surface area (Å²) in [6.07, 6.45) is 48.5. The molecule has 0 N–H and O–H groups in total. The van der Waals surface area contributed by atoms with Gasteiger partial charge in [-0.3, -0.25) is 0 Å². The molecule has 0 fully saturated rings. The lowest BCUT2D eigenvalue weighted by Crippen LogP contribution is -2.41. The van der Waals surface area contributed by atoms with Crippen molar-refractivity contribution in [2.45, 2.75) is 86.3 Å². The Balaban J connectivity index is 0.983. The van der Waals surface area contributed by atoms with Crippen LogP contribution in [0.4, 0.5) is 0 Å². The highest BCUT2D eigenvalue weighted by Crippen LogP contribution is 2.50. The van der Waals surface area contributed by atoms with Crippen LogP contribution in [-0.2, 0) is 19.3 Å². The van der Waals surface area contributed by atoms with E-state index in [0.29, 0.717) is 23.1 Å². The summed E-state index contributed by atoms with van der Waals surface area (Å²) >= 11 is 6.19. The molecule has 4 heteroatoms. The topological polar surface area (TPSA) is 3.24 Å². The first-order chi connectivity index (χ1) is 25.8. The van der Waals surface area contributed by atoms with E-state index < -0.39 is 0 Å². The molecule has 3 aromatic rings. The smallest absolute Gasteiger partial charge is 0.0571 e. The summed E-state index contributed by atoms with van der Waals surface area (Å²) in [5.74, 6) is 0.907. The van der Waals surface area contributed by atoms with Crippen molar-refractivity contribution < 1.29 is 0 Å². The first-order valence-electron chi connectivity index (χ1n) is 19.5. The highest BCUT2D eigenvalue weighted by atomic mass is 32.2. The van der Waals surface area contributed by atoms with Gasteiger partial charge in [0.1, 0.15) is 0 Å². The van der Waals surface area contributed by atoms with Gasteiger partial charge in [0.15, 0.2) is 0 Å². The minimum atomic E-state index is 0.310. The van der Waals surface area contributed by atoms with Gasteiger partial charge in [-0.2, -0.15) is 0 Å². The lowest BCUT2D eigenvalue weighted by atomic mass is 9.82. The molecular formula is C48H43NS3. The predicted octanol–water partition coefficient (Wildman–Crippen LogP) is 11.2. The highest BCUT2D eigenvalue weighted by Gasteiger charge is 2.34. The largest absolute Gasteiger partial charge is 0.337 e. The van der Waals surface area contributed by atoms with Crippen molar-refractivity contribution >= 4 is 63.9 Å². The summed E-state index contributed by atoms with van der Waals surface area (Å²) in [7, 11) is 0. The standard InChI is InChI=1S/C48H43NS3/c1-2-10-31(11-3-1)35-14-8-15-39-40-16-9-17-42(48(40)52-47(35)39)49(34-25-26-38-36-12-4-6-18-43(36)51-46(38)29-34)33-23-20-30(21-24-33)32-22-27-45-41(28-32)37-13-5-7-19-44(37)50-45/h2,4-5,7,10-14,16,19-20,22-28,30,34,41,45H,1,3,6,8-9,15,17-18,21,29H2. The van der Waals surface area contributed by atoms with E-state index in [-0.39, 0.29) is 0 Å². The van der Waals surface area contributed by atoms with Gasteiger partial charge in [0, 0.05) is 54.4 Å². The fourth-order valence-electron chi connectivity index (χ4n) is 9.81. The van der Waals surface area contributed by atoms with Crippen molar-refractivity contribution in [2.75, 3.05) is 0 Å². The van der Waals surface area contributed by atoms with Crippen LogP contribution in [0.1, 0.15) is 87.7 Å². The van der Waals surface area contributed by atoms with Gasteiger partial charge in [-0.15, -0.1) is 34.4 Å². The lowest BCUT2D eigenvalue weighted by molar-refractivity contribution is 0.403. The second-order valence-corrected chi connectivity index (χ2v) is 18.8. The zero-order chi connectivity index (χ0) is 34.2. The van der Waals surface area contributed by atoms with Crippen LogP contribution in [0.25, 0.3) is 29.5 Å². The number of thiophene rings is 2. The molecule has 0 saturated carbocycles. The molecule has 7 aliphatic carbocycles. The van der Waals surface area contributed by atoms with E-state index >= 15 is 0 Å². The van der Waals surface area contributed by atoms with Gasteiger partial charge in [-0.25, -0.2) is 0 Å².